The number of rotatable bonds is 3. The van der Waals surface area contributed by atoms with E-state index in [-0.39, 0.29) is 5.56 Å². The van der Waals surface area contributed by atoms with Crippen LogP contribution in [0.5, 0.6) is 5.75 Å². The Hall–Kier alpha value is -1.91. The van der Waals surface area contributed by atoms with E-state index in [1.54, 1.807) is 37.2 Å². The molecule has 2 aromatic carbocycles. The van der Waals surface area contributed by atoms with Crippen LogP contribution >= 0.6 is 23.4 Å². The molecule has 0 aliphatic carbocycles. The quantitative estimate of drug-likeness (QED) is 0.781. The van der Waals surface area contributed by atoms with E-state index in [0.717, 1.165) is 20.9 Å². The Bertz CT molecular complexity index is 843. The topological polar surface area (TPSA) is 42.1 Å². The Morgan fingerprint density at radius 3 is 2.57 bits per heavy atom. The summed E-state index contributed by atoms with van der Waals surface area (Å²) in [6.07, 6.45) is 1.72. The van der Waals surface area contributed by atoms with Crippen molar-refractivity contribution < 1.29 is 4.74 Å². The van der Waals surface area contributed by atoms with Crippen LogP contribution in [0.3, 0.4) is 0 Å². The Balaban J connectivity index is 2.05. The van der Waals surface area contributed by atoms with Crippen molar-refractivity contribution in [3.63, 3.8) is 0 Å². The summed E-state index contributed by atoms with van der Waals surface area (Å²) < 4.78 is 5.15. The molecule has 0 fully saturated rings. The summed E-state index contributed by atoms with van der Waals surface area (Å²) in [5.41, 5.74) is -0.110. The van der Waals surface area contributed by atoms with Crippen LogP contribution in [-0.2, 0) is 0 Å². The molecule has 3 nitrogen and oxygen atoms in total. The maximum absolute atomic E-state index is 11.9. The lowest BCUT2D eigenvalue weighted by Crippen LogP contribution is -2.05. The van der Waals surface area contributed by atoms with Gasteiger partial charge in [-0.25, -0.2) is 0 Å². The fraction of sp³-hybridized carbons (Fsp3) is 0.0625. The van der Waals surface area contributed by atoms with Crippen LogP contribution in [-0.4, -0.2) is 12.1 Å². The summed E-state index contributed by atoms with van der Waals surface area (Å²) in [4.78, 5) is 16.6. The summed E-state index contributed by atoms with van der Waals surface area (Å²) in [5.74, 6) is 0.814. The summed E-state index contributed by atoms with van der Waals surface area (Å²) >= 11 is 7.62. The van der Waals surface area contributed by atoms with Crippen molar-refractivity contribution in [3.05, 3.63) is 64.0 Å². The van der Waals surface area contributed by atoms with Gasteiger partial charge in [0, 0.05) is 31.8 Å². The highest BCUT2D eigenvalue weighted by molar-refractivity contribution is 7.99. The van der Waals surface area contributed by atoms with Gasteiger partial charge in [-0.05, 0) is 42.5 Å². The number of methoxy groups -OCH3 is 1. The van der Waals surface area contributed by atoms with Crippen LogP contribution in [0.15, 0.2) is 63.2 Å². The van der Waals surface area contributed by atoms with Crippen LogP contribution in [0, 0.1) is 0 Å². The second-order valence-electron chi connectivity index (χ2n) is 4.45. The molecule has 0 aliphatic heterocycles. The predicted octanol–water partition coefficient (Wildman–Crippen LogP) is 4.34. The van der Waals surface area contributed by atoms with E-state index in [1.807, 2.05) is 30.3 Å². The number of halogens is 1. The number of hydrogen-bond donors (Lipinski definition) is 1. The van der Waals surface area contributed by atoms with Crippen LogP contribution < -0.4 is 10.3 Å². The van der Waals surface area contributed by atoms with Crippen LogP contribution in [0.4, 0.5) is 0 Å². The molecule has 0 radical (unpaired) electrons. The third-order valence-corrected chi connectivity index (χ3v) is 4.41. The number of fused-ring (bicyclic) bond motifs is 1. The molecular weight excluding hydrogens is 306 g/mol. The molecule has 0 amide bonds. The minimum atomic E-state index is -0.110. The third-order valence-electron chi connectivity index (χ3n) is 3.11. The van der Waals surface area contributed by atoms with Gasteiger partial charge in [-0.15, -0.1) is 0 Å². The molecule has 106 valence electrons. The van der Waals surface area contributed by atoms with Gasteiger partial charge in [0.2, 0.25) is 0 Å². The number of aromatic amines is 1. The number of aromatic nitrogens is 1. The number of nitrogens with one attached hydrogen (secondary N) is 1. The minimum Gasteiger partial charge on any atom is -0.497 e. The van der Waals surface area contributed by atoms with Gasteiger partial charge >= 0.3 is 0 Å². The molecule has 0 spiro atoms. The fourth-order valence-corrected chi connectivity index (χ4v) is 3.15. The van der Waals surface area contributed by atoms with E-state index in [4.69, 9.17) is 16.3 Å². The Morgan fingerprint density at radius 2 is 1.86 bits per heavy atom. The lowest BCUT2D eigenvalue weighted by atomic mass is 10.2. The van der Waals surface area contributed by atoms with Crippen molar-refractivity contribution in [2.45, 2.75) is 9.79 Å². The van der Waals surface area contributed by atoms with Gasteiger partial charge in [0.25, 0.3) is 5.56 Å². The van der Waals surface area contributed by atoms with E-state index in [2.05, 4.69) is 4.98 Å². The molecule has 0 atom stereocenters. The van der Waals surface area contributed by atoms with Gasteiger partial charge in [0.1, 0.15) is 5.75 Å². The van der Waals surface area contributed by atoms with E-state index in [0.29, 0.717) is 10.4 Å². The molecule has 0 bridgehead atoms. The lowest BCUT2D eigenvalue weighted by molar-refractivity contribution is 0.414. The molecule has 0 saturated carbocycles. The first kappa shape index (κ1) is 14.0. The summed E-state index contributed by atoms with van der Waals surface area (Å²) in [6, 6.07) is 13.1. The van der Waals surface area contributed by atoms with Gasteiger partial charge in [-0.1, -0.05) is 23.4 Å². The van der Waals surface area contributed by atoms with E-state index in [1.165, 1.54) is 0 Å². The maximum Gasteiger partial charge on any atom is 0.255 e. The first-order valence-corrected chi connectivity index (χ1v) is 7.49. The lowest BCUT2D eigenvalue weighted by Gasteiger charge is -2.07. The molecule has 3 aromatic rings. The predicted molar refractivity (Wildman–Crippen MR) is 86.7 cm³/mol. The molecule has 5 heteroatoms. The second-order valence-corrected chi connectivity index (χ2v) is 6.00. The van der Waals surface area contributed by atoms with Crippen molar-refractivity contribution in [1.29, 1.82) is 0 Å². The van der Waals surface area contributed by atoms with Gasteiger partial charge < -0.3 is 9.72 Å². The van der Waals surface area contributed by atoms with E-state index >= 15 is 0 Å². The zero-order valence-electron chi connectivity index (χ0n) is 11.2. The Labute approximate surface area is 130 Å². The normalized spacial score (nSPS) is 10.8. The Kier molecular flexibility index (Phi) is 3.90. The number of pyridine rings is 1. The smallest absolute Gasteiger partial charge is 0.255 e. The molecule has 1 N–H and O–H groups in total. The maximum atomic E-state index is 11.9. The van der Waals surface area contributed by atoms with Crippen molar-refractivity contribution in [1.82, 2.24) is 4.98 Å². The zero-order chi connectivity index (χ0) is 14.8. The summed E-state index contributed by atoms with van der Waals surface area (Å²) in [5, 5.41) is 2.11. The summed E-state index contributed by atoms with van der Waals surface area (Å²) in [7, 11) is 1.64. The third kappa shape index (κ3) is 2.91. The van der Waals surface area contributed by atoms with Gasteiger partial charge in [-0.2, -0.15) is 0 Å². The van der Waals surface area contributed by atoms with E-state index < -0.39 is 0 Å². The average molecular weight is 318 g/mol. The molecule has 1 heterocycles. The number of H-pyrrole nitrogens is 1. The first-order valence-electron chi connectivity index (χ1n) is 6.30. The second kappa shape index (κ2) is 5.84. The van der Waals surface area contributed by atoms with Crippen molar-refractivity contribution in [3.8, 4) is 5.75 Å². The fourth-order valence-electron chi connectivity index (χ4n) is 2.06. The van der Waals surface area contributed by atoms with Gasteiger partial charge in [-0.3, -0.25) is 4.79 Å². The van der Waals surface area contributed by atoms with Crippen molar-refractivity contribution in [2.75, 3.05) is 7.11 Å². The average Bonchev–Trinajstić information content (AvgIpc) is 2.51. The highest BCUT2D eigenvalue weighted by Crippen LogP contribution is 2.33. The number of benzene rings is 2. The van der Waals surface area contributed by atoms with Crippen LogP contribution in [0.1, 0.15) is 0 Å². The highest BCUT2D eigenvalue weighted by atomic mass is 35.5. The zero-order valence-corrected chi connectivity index (χ0v) is 12.8. The van der Waals surface area contributed by atoms with Gasteiger partial charge in [0.05, 0.1) is 7.11 Å². The molecule has 1 aromatic heterocycles. The monoisotopic (exact) mass is 317 g/mol. The number of hydrogen-bond acceptors (Lipinski definition) is 3. The molecule has 3 rings (SSSR count). The largest absolute Gasteiger partial charge is 0.497 e. The SMILES string of the molecule is COc1ccc(Sc2c[nH]c(=O)c3ccc(Cl)cc23)cc1. The van der Waals surface area contributed by atoms with Crippen LogP contribution in [0.2, 0.25) is 5.02 Å². The Morgan fingerprint density at radius 1 is 1.10 bits per heavy atom. The highest BCUT2D eigenvalue weighted by Gasteiger charge is 2.07. The first-order chi connectivity index (χ1) is 10.2. The molecular formula is C16H12ClNO2S. The molecule has 0 aliphatic rings. The standard InChI is InChI=1S/C16H12ClNO2S/c1-20-11-3-5-12(6-4-11)21-15-9-18-16(19)13-7-2-10(17)8-14(13)15/h2-9H,1H3,(H,18,19). The molecule has 0 saturated heterocycles. The minimum absolute atomic E-state index is 0.110. The number of ether oxygens (including phenoxy) is 1. The van der Waals surface area contributed by atoms with E-state index in [9.17, 15) is 4.79 Å². The molecule has 21 heavy (non-hydrogen) atoms. The molecule has 0 unspecified atom stereocenters. The van der Waals surface area contributed by atoms with Crippen LogP contribution in [0.25, 0.3) is 10.8 Å². The summed E-state index contributed by atoms with van der Waals surface area (Å²) in [6.45, 7) is 0. The van der Waals surface area contributed by atoms with Crippen molar-refractivity contribution >= 4 is 34.1 Å². The van der Waals surface area contributed by atoms with Crippen molar-refractivity contribution in [2.24, 2.45) is 0 Å². The van der Waals surface area contributed by atoms with Gasteiger partial charge in [0.15, 0.2) is 0 Å².